The van der Waals surface area contributed by atoms with Gasteiger partial charge in [-0.05, 0) is 59.6 Å². The fourth-order valence-corrected chi connectivity index (χ4v) is 3.04. The number of anilines is 1. The monoisotopic (exact) mass is 329 g/mol. The second kappa shape index (κ2) is 5.42. The van der Waals surface area contributed by atoms with Gasteiger partial charge in [-0.1, -0.05) is 17.7 Å². The molecule has 90 valence electrons. The first kappa shape index (κ1) is 12.9. The molecule has 0 aliphatic carbocycles. The van der Waals surface area contributed by atoms with Crippen molar-refractivity contribution in [3.05, 3.63) is 49.6 Å². The highest BCUT2D eigenvalue weighted by Crippen LogP contribution is 2.31. The van der Waals surface area contributed by atoms with Crippen LogP contribution in [0, 0.1) is 6.92 Å². The number of nitrogens with one attached hydrogen (secondary N) is 1. The molecular formula is C13H13BrClNS. The van der Waals surface area contributed by atoms with E-state index in [1.807, 2.05) is 6.07 Å². The van der Waals surface area contributed by atoms with Crippen LogP contribution in [0.15, 0.2) is 34.8 Å². The molecule has 0 aliphatic heterocycles. The van der Waals surface area contributed by atoms with Crippen molar-refractivity contribution in [1.82, 2.24) is 0 Å². The van der Waals surface area contributed by atoms with E-state index < -0.39 is 0 Å². The van der Waals surface area contributed by atoms with Crippen molar-refractivity contribution in [2.24, 2.45) is 0 Å². The number of aryl methyl sites for hydroxylation is 1. The van der Waals surface area contributed by atoms with Crippen LogP contribution in [0.25, 0.3) is 0 Å². The summed E-state index contributed by atoms with van der Waals surface area (Å²) in [5.41, 5.74) is 2.36. The molecule has 0 aliphatic rings. The lowest BCUT2D eigenvalue weighted by atomic mass is 10.2. The van der Waals surface area contributed by atoms with Gasteiger partial charge < -0.3 is 5.32 Å². The molecule has 1 atom stereocenters. The molecule has 0 spiro atoms. The lowest BCUT2D eigenvalue weighted by molar-refractivity contribution is 0.906. The Morgan fingerprint density at radius 2 is 2.06 bits per heavy atom. The van der Waals surface area contributed by atoms with Gasteiger partial charge >= 0.3 is 0 Å². The predicted octanol–water partition coefficient (Wildman–Crippen LogP) is 5.65. The van der Waals surface area contributed by atoms with E-state index in [1.54, 1.807) is 11.3 Å². The molecule has 1 N–H and O–H groups in total. The molecule has 1 heterocycles. The first-order valence-corrected chi connectivity index (χ1v) is 7.33. The third-order valence-electron chi connectivity index (χ3n) is 2.51. The highest BCUT2D eigenvalue weighted by Gasteiger charge is 2.09. The summed E-state index contributed by atoms with van der Waals surface area (Å²) in [4.78, 5) is 1.24. The second-order valence-electron chi connectivity index (χ2n) is 3.99. The van der Waals surface area contributed by atoms with Gasteiger partial charge in [0.1, 0.15) is 0 Å². The fourth-order valence-electron chi connectivity index (χ4n) is 1.62. The molecule has 0 bridgehead atoms. The molecule has 0 radical (unpaired) electrons. The fraction of sp³-hybridized carbons (Fsp3) is 0.231. The molecule has 2 aromatic rings. The Kier molecular flexibility index (Phi) is 4.13. The van der Waals surface area contributed by atoms with Crippen molar-refractivity contribution in [2.75, 3.05) is 5.32 Å². The van der Waals surface area contributed by atoms with Crippen molar-refractivity contribution in [3.63, 3.8) is 0 Å². The van der Waals surface area contributed by atoms with Crippen LogP contribution in [0.2, 0.25) is 4.34 Å². The molecule has 1 unspecified atom stereocenters. The maximum absolute atomic E-state index is 5.95. The zero-order chi connectivity index (χ0) is 12.4. The van der Waals surface area contributed by atoms with Gasteiger partial charge in [-0.3, -0.25) is 0 Å². The van der Waals surface area contributed by atoms with E-state index in [-0.39, 0.29) is 6.04 Å². The lowest BCUT2D eigenvalue weighted by Gasteiger charge is -2.15. The minimum atomic E-state index is 0.255. The summed E-state index contributed by atoms with van der Waals surface area (Å²) >= 11 is 11.1. The molecule has 0 saturated heterocycles. The van der Waals surface area contributed by atoms with Gasteiger partial charge in [-0.15, -0.1) is 11.3 Å². The average molecular weight is 331 g/mol. The maximum Gasteiger partial charge on any atom is 0.0932 e. The van der Waals surface area contributed by atoms with Gasteiger partial charge in [-0.25, -0.2) is 0 Å². The van der Waals surface area contributed by atoms with Crippen molar-refractivity contribution < 1.29 is 0 Å². The van der Waals surface area contributed by atoms with Crippen LogP contribution in [-0.4, -0.2) is 0 Å². The molecular weight excluding hydrogens is 318 g/mol. The van der Waals surface area contributed by atoms with Gasteiger partial charge in [-0.2, -0.15) is 0 Å². The summed E-state index contributed by atoms with van der Waals surface area (Å²) in [5.74, 6) is 0. The number of hydrogen-bond donors (Lipinski definition) is 1. The summed E-state index contributed by atoms with van der Waals surface area (Å²) < 4.78 is 1.91. The standard InChI is InChI=1S/C13H13BrClNS/c1-8-3-4-10(14)11(7-8)16-9(2)12-5-6-13(15)17-12/h3-7,9,16H,1-2H3. The van der Waals surface area contributed by atoms with Gasteiger partial charge in [0.15, 0.2) is 0 Å². The molecule has 4 heteroatoms. The summed E-state index contributed by atoms with van der Waals surface area (Å²) in [6, 6.07) is 10.5. The van der Waals surface area contributed by atoms with Gasteiger partial charge in [0.2, 0.25) is 0 Å². The Labute approximate surface area is 119 Å². The predicted molar refractivity (Wildman–Crippen MR) is 80.2 cm³/mol. The third-order valence-corrected chi connectivity index (χ3v) is 4.62. The first-order valence-electron chi connectivity index (χ1n) is 5.34. The summed E-state index contributed by atoms with van der Waals surface area (Å²) in [7, 11) is 0. The van der Waals surface area contributed by atoms with Crippen molar-refractivity contribution in [2.45, 2.75) is 19.9 Å². The number of benzene rings is 1. The average Bonchev–Trinajstić information content (AvgIpc) is 2.70. The van der Waals surface area contributed by atoms with Crippen molar-refractivity contribution >= 4 is 44.6 Å². The zero-order valence-corrected chi connectivity index (χ0v) is 12.8. The van der Waals surface area contributed by atoms with Crippen LogP contribution in [0.3, 0.4) is 0 Å². The van der Waals surface area contributed by atoms with Crippen LogP contribution >= 0.6 is 38.9 Å². The molecule has 1 aromatic heterocycles. The minimum absolute atomic E-state index is 0.255. The Balaban J connectivity index is 2.18. The van der Waals surface area contributed by atoms with Crippen LogP contribution in [-0.2, 0) is 0 Å². The van der Waals surface area contributed by atoms with E-state index in [0.29, 0.717) is 0 Å². The zero-order valence-electron chi connectivity index (χ0n) is 9.63. The van der Waals surface area contributed by atoms with Crippen LogP contribution < -0.4 is 5.32 Å². The molecule has 17 heavy (non-hydrogen) atoms. The first-order chi connectivity index (χ1) is 8.06. The quantitative estimate of drug-likeness (QED) is 0.767. The van der Waals surface area contributed by atoms with Gasteiger partial charge in [0, 0.05) is 15.0 Å². The van der Waals surface area contributed by atoms with Crippen LogP contribution in [0.1, 0.15) is 23.4 Å². The van der Waals surface area contributed by atoms with Crippen molar-refractivity contribution in [3.8, 4) is 0 Å². The number of thiophene rings is 1. The molecule has 1 aromatic carbocycles. The molecule has 0 amide bonds. The number of halogens is 2. The van der Waals surface area contributed by atoms with E-state index >= 15 is 0 Å². The van der Waals surface area contributed by atoms with E-state index in [0.717, 1.165) is 14.5 Å². The Hall–Kier alpha value is -0.510. The van der Waals surface area contributed by atoms with E-state index in [1.165, 1.54) is 10.4 Å². The molecule has 0 fully saturated rings. The molecule has 1 nitrogen and oxygen atoms in total. The lowest BCUT2D eigenvalue weighted by Crippen LogP contribution is -2.05. The smallest absolute Gasteiger partial charge is 0.0932 e. The summed E-state index contributed by atoms with van der Waals surface area (Å²) in [6.45, 7) is 4.22. The SMILES string of the molecule is Cc1ccc(Br)c(NC(C)c2ccc(Cl)s2)c1. The normalized spacial score (nSPS) is 12.5. The topological polar surface area (TPSA) is 12.0 Å². The summed E-state index contributed by atoms with van der Waals surface area (Å²) in [6.07, 6.45) is 0. The minimum Gasteiger partial charge on any atom is -0.377 e. The van der Waals surface area contributed by atoms with Crippen LogP contribution in [0.5, 0.6) is 0 Å². The van der Waals surface area contributed by atoms with Crippen molar-refractivity contribution in [1.29, 1.82) is 0 Å². The Morgan fingerprint density at radius 1 is 1.29 bits per heavy atom. The highest BCUT2D eigenvalue weighted by atomic mass is 79.9. The van der Waals surface area contributed by atoms with Gasteiger partial charge in [0.25, 0.3) is 0 Å². The number of hydrogen-bond acceptors (Lipinski definition) is 2. The summed E-state index contributed by atoms with van der Waals surface area (Å²) in [5, 5.41) is 3.49. The maximum atomic E-state index is 5.95. The molecule has 2 rings (SSSR count). The van der Waals surface area contributed by atoms with Crippen LogP contribution in [0.4, 0.5) is 5.69 Å². The Morgan fingerprint density at radius 3 is 2.71 bits per heavy atom. The van der Waals surface area contributed by atoms with E-state index in [9.17, 15) is 0 Å². The van der Waals surface area contributed by atoms with E-state index in [2.05, 4.69) is 59.4 Å². The largest absolute Gasteiger partial charge is 0.377 e. The Bertz CT molecular complexity index is 524. The molecule has 0 saturated carbocycles. The second-order valence-corrected chi connectivity index (χ2v) is 6.59. The highest BCUT2D eigenvalue weighted by molar-refractivity contribution is 9.10. The number of rotatable bonds is 3. The van der Waals surface area contributed by atoms with E-state index in [4.69, 9.17) is 11.6 Å². The third kappa shape index (κ3) is 3.24. The van der Waals surface area contributed by atoms with Gasteiger partial charge in [0.05, 0.1) is 10.4 Å².